The van der Waals surface area contributed by atoms with E-state index in [1.807, 2.05) is 53.4 Å². The molecule has 0 unspecified atom stereocenters. The number of carbonyl (C=O) groups excluding carboxylic acids is 3. The lowest BCUT2D eigenvalue weighted by molar-refractivity contribution is -0.119. The molecule has 4 rings (SSSR count). The van der Waals surface area contributed by atoms with E-state index in [9.17, 15) is 14.4 Å². The summed E-state index contributed by atoms with van der Waals surface area (Å²) < 4.78 is 5.36. The molecule has 0 aromatic heterocycles. The number of aryl methyl sites for hydroxylation is 1. The lowest BCUT2D eigenvalue weighted by atomic mass is 10.0. The molecule has 8 nitrogen and oxygen atoms in total. The number of hydrogen-bond donors (Lipinski definition) is 2. The zero-order chi connectivity index (χ0) is 21.8. The van der Waals surface area contributed by atoms with Gasteiger partial charge >= 0.3 is 12.1 Å². The second-order valence-corrected chi connectivity index (χ2v) is 7.83. The van der Waals surface area contributed by atoms with Crippen LogP contribution < -0.4 is 15.5 Å². The van der Waals surface area contributed by atoms with E-state index in [1.165, 1.54) is 6.92 Å². The largest absolute Gasteiger partial charge is 0.442 e. The summed E-state index contributed by atoms with van der Waals surface area (Å²) in [7, 11) is 0. The Bertz CT molecular complexity index is 979. The highest BCUT2D eigenvalue weighted by Crippen LogP contribution is 2.27. The van der Waals surface area contributed by atoms with Crippen LogP contribution in [0.2, 0.25) is 0 Å². The van der Waals surface area contributed by atoms with Gasteiger partial charge in [-0.1, -0.05) is 24.3 Å². The van der Waals surface area contributed by atoms with Crippen LogP contribution in [0, 0.1) is 0 Å². The number of anilines is 2. The van der Waals surface area contributed by atoms with E-state index in [4.69, 9.17) is 4.74 Å². The molecule has 2 heterocycles. The molecule has 1 atom stereocenters. The highest BCUT2D eigenvalue weighted by molar-refractivity contribution is 5.90. The number of fused-ring (bicyclic) bond motifs is 1. The minimum Gasteiger partial charge on any atom is -0.442 e. The highest BCUT2D eigenvalue weighted by atomic mass is 16.6. The summed E-state index contributed by atoms with van der Waals surface area (Å²) in [6.07, 6.45) is 0.894. The standard InChI is InChI=1S/C23H26N4O4/c1-16(28)24-13-21-15-27(23(30)31-21)20-10-9-18-14-26(11-5-6-17(18)12-20)22(29)25-19-7-3-2-4-8-19/h2-4,7-10,12,21H,5-6,11,13-15H2,1H3,(H,24,28)(H,25,29)/t21-/m0/s1. The summed E-state index contributed by atoms with van der Waals surface area (Å²) in [4.78, 5) is 39.5. The first-order chi connectivity index (χ1) is 15.0. The van der Waals surface area contributed by atoms with Crippen molar-refractivity contribution in [3.05, 3.63) is 59.7 Å². The summed E-state index contributed by atoms with van der Waals surface area (Å²) in [5.41, 5.74) is 3.75. The number of nitrogens with zero attached hydrogens (tertiary/aromatic N) is 2. The van der Waals surface area contributed by atoms with E-state index in [0.717, 1.165) is 35.3 Å². The third-order valence-corrected chi connectivity index (χ3v) is 5.50. The van der Waals surface area contributed by atoms with Crippen molar-refractivity contribution in [2.75, 3.05) is 29.9 Å². The third kappa shape index (κ3) is 4.96. The van der Waals surface area contributed by atoms with Crippen molar-refractivity contribution in [3.8, 4) is 0 Å². The van der Waals surface area contributed by atoms with Crippen molar-refractivity contribution in [3.63, 3.8) is 0 Å². The number of urea groups is 1. The maximum Gasteiger partial charge on any atom is 0.414 e. The predicted octanol–water partition coefficient (Wildman–Crippen LogP) is 3.13. The molecular formula is C23H26N4O4. The van der Waals surface area contributed by atoms with Gasteiger partial charge in [0.1, 0.15) is 6.10 Å². The van der Waals surface area contributed by atoms with Gasteiger partial charge in [0.05, 0.1) is 13.1 Å². The van der Waals surface area contributed by atoms with Crippen molar-refractivity contribution in [1.29, 1.82) is 0 Å². The first-order valence-corrected chi connectivity index (χ1v) is 10.4. The quantitative estimate of drug-likeness (QED) is 0.792. The summed E-state index contributed by atoms with van der Waals surface area (Å²) in [5, 5.41) is 5.63. The van der Waals surface area contributed by atoms with Crippen molar-refractivity contribution in [2.24, 2.45) is 0 Å². The van der Waals surface area contributed by atoms with Gasteiger partial charge in [-0.25, -0.2) is 9.59 Å². The van der Waals surface area contributed by atoms with Gasteiger partial charge in [0.25, 0.3) is 0 Å². The maximum atomic E-state index is 12.7. The Morgan fingerprint density at radius 2 is 1.94 bits per heavy atom. The molecule has 0 radical (unpaired) electrons. The van der Waals surface area contributed by atoms with Crippen LogP contribution in [0.3, 0.4) is 0 Å². The van der Waals surface area contributed by atoms with E-state index in [2.05, 4.69) is 10.6 Å². The summed E-state index contributed by atoms with van der Waals surface area (Å²) in [6, 6.07) is 15.2. The molecule has 2 aliphatic rings. The molecule has 31 heavy (non-hydrogen) atoms. The predicted molar refractivity (Wildman–Crippen MR) is 117 cm³/mol. The molecule has 2 aliphatic heterocycles. The molecule has 0 spiro atoms. The van der Waals surface area contributed by atoms with Crippen LogP contribution in [0.15, 0.2) is 48.5 Å². The lowest BCUT2D eigenvalue weighted by Crippen LogP contribution is -2.34. The molecule has 0 saturated carbocycles. The lowest BCUT2D eigenvalue weighted by Gasteiger charge is -2.22. The molecule has 4 amide bonds. The monoisotopic (exact) mass is 422 g/mol. The van der Waals surface area contributed by atoms with Gasteiger partial charge in [0.15, 0.2) is 0 Å². The summed E-state index contributed by atoms with van der Waals surface area (Å²) in [5.74, 6) is -0.152. The molecule has 0 aliphatic carbocycles. The van der Waals surface area contributed by atoms with Gasteiger partial charge in [0.2, 0.25) is 5.91 Å². The first kappa shape index (κ1) is 20.7. The highest BCUT2D eigenvalue weighted by Gasteiger charge is 2.33. The SMILES string of the molecule is CC(=O)NC[C@H]1CN(c2ccc3c(c2)CCCN(C(=O)Nc2ccccc2)C3)C(=O)O1. The minimum absolute atomic E-state index is 0.118. The number of nitrogens with one attached hydrogen (secondary N) is 2. The van der Waals surface area contributed by atoms with E-state index in [1.54, 1.807) is 4.90 Å². The van der Waals surface area contributed by atoms with Gasteiger partial charge in [-0.2, -0.15) is 0 Å². The molecule has 0 bridgehead atoms. The molecule has 1 saturated heterocycles. The Hall–Kier alpha value is -3.55. The Labute approximate surface area is 181 Å². The van der Waals surface area contributed by atoms with Crippen LogP contribution in [-0.2, 0) is 22.5 Å². The smallest absolute Gasteiger partial charge is 0.414 e. The fourth-order valence-electron chi connectivity index (χ4n) is 3.91. The van der Waals surface area contributed by atoms with Gasteiger partial charge in [0, 0.05) is 31.4 Å². The summed E-state index contributed by atoms with van der Waals surface area (Å²) >= 11 is 0. The molecular weight excluding hydrogens is 396 g/mol. The van der Waals surface area contributed by atoms with Crippen molar-refractivity contribution >= 4 is 29.4 Å². The summed E-state index contributed by atoms with van der Waals surface area (Å²) in [6.45, 7) is 3.30. The fourth-order valence-corrected chi connectivity index (χ4v) is 3.91. The van der Waals surface area contributed by atoms with Crippen molar-refractivity contribution < 1.29 is 19.1 Å². The van der Waals surface area contributed by atoms with Crippen LogP contribution >= 0.6 is 0 Å². The van der Waals surface area contributed by atoms with Crippen LogP contribution in [-0.4, -0.2) is 48.7 Å². The van der Waals surface area contributed by atoms with E-state index in [0.29, 0.717) is 26.2 Å². The average molecular weight is 422 g/mol. The van der Waals surface area contributed by atoms with Gasteiger partial charge in [-0.3, -0.25) is 9.69 Å². The molecule has 2 N–H and O–H groups in total. The van der Waals surface area contributed by atoms with Gasteiger partial charge in [-0.05, 0) is 48.2 Å². The molecule has 8 heteroatoms. The van der Waals surface area contributed by atoms with Crippen LogP contribution in [0.5, 0.6) is 0 Å². The number of para-hydroxylation sites is 1. The van der Waals surface area contributed by atoms with Crippen molar-refractivity contribution in [2.45, 2.75) is 32.4 Å². The number of cyclic esters (lactones) is 1. The van der Waals surface area contributed by atoms with Crippen LogP contribution in [0.4, 0.5) is 21.0 Å². The fraction of sp³-hybridized carbons (Fsp3) is 0.348. The number of benzene rings is 2. The second kappa shape index (κ2) is 9.07. The zero-order valence-corrected chi connectivity index (χ0v) is 17.5. The second-order valence-electron chi connectivity index (χ2n) is 7.83. The zero-order valence-electron chi connectivity index (χ0n) is 17.5. The third-order valence-electron chi connectivity index (χ3n) is 5.50. The Kier molecular flexibility index (Phi) is 6.06. The number of amides is 4. The molecule has 1 fully saturated rings. The number of ether oxygens (including phenoxy) is 1. The van der Waals surface area contributed by atoms with Gasteiger partial charge in [-0.15, -0.1) is 0 Å². The van der Waals surface area contributed by atoms with E-state index in [-0.39, 0.29) is 18.0 Å². The Balaban J connectivity index is 1.43. The van der Waals surface area contributed by atoms with Crippen LogP contribution in [0.1, 0.15) is 24.5 Å². The first-order valence-electron chi connectivity index (χ1n) is 10.4. The topological polar surface area (TPSA) is 91.0 Å². The average Bonchev–Trinajstić information content (AvgIpc) is 2.99. The van der Waals surface area contributed by atoms with E-state index >= 15 is 0 Å². The number of hydrogen-bond acceptors (Lipinski definition) is 4. The van der Waals surface area contributed by atoms with Crippen molar-refractivity contribution in [1.82, 2.24) is 10.2 Å². The van der Waals surface area contributed by atoms with E-state index < -0.39 is 6.09 Å². The van der Waals surface area contributed by atoms with Crippen LogP contribution in [0.25, 0.3) is 0 Å². The normalized spacial score (nSPS) is 18.1. The molecule has 162 valence electrons. The molecule has 2 aromatic rings. The van der Waals surface area contributed by atoms with Gasteiger partial charge < -0.3 is 20.3 Å². The minimum atomic E-state index is -0.409. The Morgan fingerprint density at radius 1 is 1.13 bits per heavy atom. The molecule has 2 aromatic carbocycles. The number of carbonyl (C=O) groups is 3. The Morgan fingerprint density at radius 3 is 2.71 bits per heavy atom. The maximum absolute atomic E-state index is 12.7. The number of rotatable bonds is 4.